The fourth-order valence-electron chi connectivity index (χ4n) is 6.77. The van der Waals surface area contributed by atoms with Crippen LogP contribution in [-0.2, 0) is 4.74 Å². The average Bonchev–Trinajstić information content (AvgIpc) is 2.72. The first-order chi connectivity index (χ1) is 14.7. The minimum Gasteiger partial charge on any atom is -0.381 e. The van der Waals surface area contributed by atoms with E-state index in [1.54, 1.807) is 0 Å². The molecule has 2 aliphatic heterocycles. The molecule has 0 unspecified atom stereocenters. The van der Waals surface area contributed by atoms with E-state index in [1.807, 2.05) is 6.07 Å². The Balaban J connectivity index is 1.49. The van der Waals surface area contributed by atoms with E-state index in [4.69, 9.17) is 4.74 Å². The van der Waals surface area contributed by atoms with Crippen molar-refractivity contribution in [2.45, 2.75) is 65.7 Å². The van der Waals surface area contributed by atoms with Crippen LogP contribution in [0.15, 0.2) is 18.2 Å². The van der Waals surface area contributed by atoms with Crippen molar-refractivity contribution in [3.8, 4) is 6.07 Å². The molecule has 1 aromatic rings. The highest BCUT2D eigenvalue weighted by molar-refractivity contribution is 5.59. The van der Waals surface area contributed by atoms with E-state index in [2.05, 4.69) is 55.7 Å². The minimum atomic E-state index is 0.342. The van der Waals surface area contributed by atoms with Crippen molar-refractivity contribution in [1.82, 2.24) is 4.90 Å². The highest BCUT2D eigenvalue weighted by atomic mass is 16.5. The van der Waals surface area contributed by atoms with Crippen LogP contribution in [0, 0.1) is 28.1 Å². The summed E-state index contributed by atoms with van der Waals surface area (Å²) in [5.41, 5.74) is 4.28. The van der Waals surface area contributed by atoms with Crippen molar-refractivity contribution < 1.29 is 4.74 Å². The number of anilines is 1. The molecule has 0 atom stereocenters. The van der Waals surface area contributed by atoms with E-state index in [0.717, 1.165) is 50.9 Å². The lowest BCUT2D eigenvalue weighted by Gasteiger charge is -2.46. The van der Waals surface area contributed by atoms with Gasteiger partial charge in [0.2, 0.25) is 0 Å². The van der Waals surface area contributed by atoms with Crippen LogP contribution < -0.4 is 4.90 Å². The Morgan fingerprint density at radius 2 is 1.65 bits per heavy atom. The second kappa shape index (κ2) is 9.12. The van der Waals surface area contributed by atoms with Crippen LogP contribution in [0.5, 0.6) is 0 Å². The van der Waals surface area contributed by atoms with Gasteiger partial charge in [0.25, 0.3) is 0 Å². The van der Waals surface area contributed by atoms with Crippen molar-refractivity contribution in [2.75, 3.05) is 50.8 Å². The number of benzene rings is 1. The fraction of sp³-hybridized carbons (Fsp3) is 0.741. The molecule has 0 aromatic heterocycles. The quantitative estimate of drug-likeness (QED) is 0.648. The summed E-state index contributed by atoms with van der Waals surface area (Å²) in [4.78, 5) is 5.24. The second-order valence-corrected chi connectivity index (χ2v) is 11.8. The number of ether oxygens (including phenoxy) is 1. The van der Waals surface area contributed by atoms with Gasteiger partial charge in [0, 0.05) is 51.6 Å². The SMILES string of the molecule is CC1(C)CC(c2cc(C#N)ccc2N2CCN(CC3CCOCC3)CC2)CC(C)(C)C1. The van der Waals surface area contributed by atoms with Crippen molar-refractivity contribution in [3.05, 3.63) is 29.3 Å². The highest BCUT2D eigenvalue weighted by Crippen LogP contribution is 2.53. The zero-order chi connectivity index (χ0) is 22.1. The first kappa shape index (κ1) is 22.6. The molecule has 0 N–H and O–H groups in total. The summed E-state index contributed by atoms with van der Waals surface area (Å²) in [6, 6.07) is 8.85. The maximum atomic E-state index is 9.58. The number of rotatable bonds is 4. The average molecular weight is 424 g/mol. The van der Waals surface area contributed by atoms with Gasteiger partial charge in [-0.15, -0.1) is 0 Å². The maximum absolute atomic E-state index is 9.58. The summed E-state index contributed by atoms with van der Waals surface area (Å²) < 4.78 is 5.53. The predicted molar refractivity (Wildman–Crippen MR) is 128 cm³/mol. The van der Waals surface area contributed by atoms with Crippen LogP contribution >= 0.6 is 0 Å². The third-order valence-electron chi connectivity index (χ3n) is 7.72. The van der Waals surface area contributed by atoms with Crippen LogP contribution in [0.25, 0.3) is 0 Å². The predicted octanol–water partition coefficient (Wildman–Crippen LogP) is 5.43. The zero-order valence-corrected chi connectivity index (χ0v) is 20.1. The highest BCUT2D eigenvalue weighted by Gasteiger charge is 2.40. The van der Waals surface area contributed by atoms with E-state index in [0.29, 0.717) is 16.7 Å². The Morgan fingerprint density at radius 3 is 2.26 bits per heavy atom. The lowest BCUT2D eigenvalue weighted by atomic mass is 9.60. The summed E-state index contributed by atoms with van der Waals surface area (Å²) in [5, 5.41) is 9.58. The molecule has 4 nitrogen and oxygen atoms in total. The molecule has 4 heteroatoms. The molecule has 1 aromatic carbocycles. The molecule has 170 valence electrons. The molecule has 1 aliphatic carbocycles. The van der Waals surface area contributed by atoms with Gasteiger partial charge in [-0.25, -0.2) is 0 Å². The van der Waals surface area contributed by atoms with E-state index < -0.39 is 0 Å². The van der Waals surface area contributed by atoms with Gasteiger partial charge in [-0.1, -0.05) is 27.7 Å². The van der Waals surface area contributed by atoms with Crippen LogP contribution in [-0.4, -0.2) is 50.8 Å². The molecular weight excluding hydrogens is 382 g/mol. The topological polar surface area (TPSA) is 39.5 Å². The smallest absolute Gasteiger partial charge is 0.0991 e. The molecule has 4 rings (SSSR count). The second-order valence-electron chi connectivity index (χ2n) is 11.8. The summed E-state index contributed by atoms with van der Waals surface area (Å²) >= 11 is 0. The standard InChI is InChI=1S/C27H41N3O/c1-26(2)16-23(17-27(3,4)20-26)24-15-22(18-28)5-6-25(24)30-11-9-29(10-12-30)19-21-7-13-31-14-8-21/h5-6,15,21,23H,7-14,16-17,19-20H2,1-4H3. The van der Waals surface area contributed by atoms with Crippen molar-refractivity contribution in [1.29, 1.82) is 5.26 Å². The summed E-state index contributed by atoms with van der Waals surface area (Å²) in [7, 11) is 0. The summed E-state index contributed by atoms with van der Waals surface area (Å²) in [6.45, 7) is 17.2. The van der Waals surface area contributed by atoms with Gasteiger partial charge in [0.15, 0.2) is 0 Å². The fourth-order valence-corrected chi connectivity index (χ4v) is 6.77. The number of piperazine rings is 1. The van der Waals surface area contributed by atoms with E-state index in [9.17, 15) is 5.26 Å². The minimum absolute atomic E-state index is 0.342. The lowest BCUT2D eigenvalue weighted by Crippen LogP contribution is -2.48. The van der Waals surface area contributed by atoms with Gasteiger partial charge in [-0.3, -0.25) is 4.90 Å². The molecular formula is C27H41N3O. The maximum Gasteiger partial charge on any atom is 0.0991 e. The Bertz CT molecular complexity index is 779. The third-order valence-corrected chi connectivity index (χ3v) is 7.72. The van der Waals surface area contributed by atoms with Gasteiger partial charge in [-0.05, 0) is 78.5 Å². The van der Waals surface area contributed by atoms with Gasteiger partial charge < -0.3 is 9.64 Å². The molecule has 0 bridgehead atoms. The van der Waals surface area contributed by atoms with Crippen molar-refractivity contribution >= 4 is 5.69 Å². The van der Waals surface area contributed by atoms with Crippen molar-refractivity contribution in [2.24, 2.45) is 16.7 Å². The number of nitriles is 1. The number of nitrogens with zero attached hydrogens (tertiary/aromatic N) is 3. The largest absolute Gasteiger partial charge is 0.381 e. The number of hydrogen-bond acceptors (Lipinski definition) is 4. The van der Waals surface area contributed by atoms with Crippen LogP contribution in [0.3, 0.4) is 0 Å². The molecule has 2 heterocycles. The Labute approximate surface area is 189 Å². The molecule has 1 saturated carbocycles. The first-order valence-corrected chi connectivity index (χ1v) is 12.3. The van der Waals surface area contributed by atoms with Gasteiger partial charge in [-0.2, -0.15) is 5.26 Å². The zero-order valence-electron chi connectivity index (χ0n) is 20.1. The molecule has 3 aliphatic rings. The Hall–Kier alpha value is -1.57. The van der Waals surface area contributed by atoms with Crippen molar-refractivity contribution in [3.63, 3.8) is 0 Å². The molecule has 0 radical (unpaired) electrons. The van der Waals surface area contributed by atoms with E-state index >= 15 is 0 Å². The Kier molecular flexibility index (Phi) is 6.65. The molecule has 3 fully saturated rings. The molecule has 2 saturated heterocycles. The van der Waals surface area contributed by atoms with Crippen LogP contribution in [0.4, 0.5) is 5.69 Å². The number of hydrogen-bond donors (Lipinski definition) is 0. The van der Waals surface area contributed by atoms with Crippen LogP contribution in [0.2, 0.25) is 0 Å². The van der Waals surface area contributed by atoms with Gasteiger partial charge in [0.05, 0.1) is 11.6 Å². The summed E-state index contributed by atoms with van der Waals surface area (Å²) in [5.74, 6) is 1.33. The van der Waals surface area contributed by atoms with E-state index in [-0.39, 0.29) is 0 Å². The molecule has 0 spiro atoms. The van der Waals surface area contributed by atoms with Gasteiger partial charge in [0.1, 0.15) is 0 Å². The third kappa shape index (κ3) is 5.62. The summed E-state index contributed by atoms with van der Waals surface area (Å²) in [6.07, 6.45) is 6.12. The van der Waals surface area contributed by atoms with Gasteiger partial charge >= 0.3 is 0 Å². The Morgan fingerprint density at radius 1 is 1.00 bits per heavy atom. The van der Waals surface area contributed by atoms with E-state index in [1.165, 1.54) is 49.9 Å². The monoisotopic (exact) mass is 423 g/mol. The van der Waals surface area contributed by atoms with Crippen LogP contribution in [0.1, 0.15) is 76.8 Å². The molecule has 0 amide bonds. The molecule has 31 heavy (non-hydrogen) atoms. The normalized spacial score (nSPS) is 25.3. The first-order valence-electron chi connectivity index (χ1n) is 12.3. The lowest BCUT2D eigenvalue weighted by molar-refractivity contribution is 0.0517.